The Balaban J connectivity index is 1.36. The molecular formula is C44H24N4O. The standard InChI is InChI=1S/C44H24N4O/c1-46-35-21-24-39(34(26-45)43(35)48-36-16-8-5-13-29(36)30-14-6-9-17-37(30)48)47-38-22-19-28(27-11-3-2-4-12-27)25-33(38)42-40(47)23-20-32-31-15-7-10-18-41(31)49-44(32)42/h2-25H. The van der Waals surface area contributed by atoms with E-state index in [9.17, 15) is 5.26 Å². The second-order valence-corrected chi connectivity index (χ2v) is 12.3. The lowest BCUT2D eigenvalue weighted by Gasteiger charge is -2.17. The van der Waals surface area contributed by atoms with E-state index in [1.165, 1.54) is 0 Å². The molecule has 0 amide bonds. The monoisotopic (exact) mass is 624 g/mol. The van der Waals surface area contributed by atoms with E-state index in [4.69, 9.17) is 11.0 Å². The summed E-state index contributed by atoms with van der Waals surface area (Å²) in [6, 6.07) is 51.9. The first kappa shape index (κ1) is 27.1. The van der Waals surface area contributed by atoms with E-state index in [0.717, 1.165) is 76.7 Å². The fourth-order valence-corrected chi connectivity index (χ4v) is 7.70. The van der Waals surface area contributed by atoms with Crippen molar-refractivity contribution < 1.29 is 4.42 Å². The molecule has 3 aromatic heterocycles. The maximum atomic E-state index is 11.1. The summed E-state index contributed by atoms with van der Waals surface area (Å²) in [6.07, 6.45) is 0. The van der Waals surface area contributed by atoms with Crippen molar-refractivity contribution in [3.8, 4) is 28.6 Å². The molecule has 0 spiro atoms. The highest BCUT2D eigenvalue weighted by Crippen LogP contribution is 2.44. The number of hydrogen-bond acceptors (Lipinski definition) is 2. The van der Waals surface area contributed by atoms with Crippen molar-refractivity contribution in [1.82, 2.24) is 9.13 Å². The number of nitrogens with zero attached hydrogens (tertiary/aromatic N) is 4. The molecule has 0 saturated carbocycles. The number of rotatable bonds is 3. The highest BCUT2D eigenvalue weighted by Gasteiger charge is 2.25. The lowest BCUT2D eigenvalue weighted by Crippen LogP contribution is -2.04. The molecule has 0 bridgehead atoms. The van der Waals surface area contributed by atoms with Crippen molar-refractivity contribution in [2.45, 2.75) is 0 Å². The van der Waals surface area contributed by atoms with Crippen LogP contribution in [-0.2, 0) is 0 Å². The van der Waals surface area contributed by atoms with Gasteiger partial charge in [0, 0.05) is 26.9 Å². The second-order valence-electron chi connectivity index (χ2n) is 12.3. The first-order chi connectivity index (χ1) is 24.2. The summed E-state index contributed by atoms with van der Waals surface area (Å²) in [4.78, 5) is 3.96. The molecule has 0 aliphatic rings. The first-order valence-electron chi connectivity index (χ1n) is 16.1. The highest BCUT2D eigenvalue weighted by molar-refractivity contribution is 6.24. The summed E-state index contributed by atoms with van der Waals surface area (Å²) in [5, 5.41) is 17.3. The Morgan fingerprint density at radius 2 is 1.20 bits per heavy atom. The number of benzene rings is 7. The van der Waals surface area contributed by atoms with Crippen LogP contribution in [0.25, 0.3) is 92.9 Å². The zero-order chi connectivity index (χ0) is 32.6. The smallest absolute Gasteiger partial charge is 0.212 e. The summed E-state index contributed by atoms with van der Waals surface area (Å²) >= 11 is 0. The van der Waals surface area contributed by atoms with Crippen molar-refractivity contribution >= 4 is 71.2 Å². The fraction of sp³-hybridized carbons (Fsp3) is 0. The lowest BCUT2D eigenvalue weighted by molar-refractivity contribution is 0.673. The molecule has 5 nitrogen and oxygen atoms in total. The van der Waals surface area contributed by atoms with Crippen LogP contribution in [0, 0.1) is 17.9 Å². The van der Waals surface area contributed by atoms with Gasteiger partial charge in [-0.2, -0.15) is 5.26 Å². The van der Waals surface area contributed by atoms with Crippen molar-refractivity contribution in [2.24, 2.45) is 0 Å². The van der Waals surface area contributed by atoms with Crippen molar-refractivity contribution in [3.63, 3.8) is 0 Å². The van der Waals surface area contributed by atoms with Gasteiger partial charge in [-0.1, -0.05) is 97.1 Å². The largest absolute Gasteiger partial charge is 0.455 e. The van der Waals surface area contributed by atoms with Gasteiger partial charge >= 0.3 is 0 Å². The average molecular weight is 625 g/mol. The molecule has 0 aliphatic carbocycles. The Labute approximate surface area is 280 Å². The van der Waals surface area contributed by atoms with Crippen LogP contribution in [0.5, 0.6) is 0 Å². The predicted molar refractivity (Wildman–Crippen MR) is 199 cm³/mol. The molecule has 0 fully saturated rings. The Morgan fingerprint density at radius 1 is 0.551 bits per heavy atom. The van der Waals surface area contributed by atoms with E-state index in [-0.39, 0.29) is 0 Å². The number of hydrogen-bond donors (Lipinski definition) is 0. The minimum Gasteiger partial charge on any atom is -0.455 e. The lowest BCUT2D eigenvalue weighted by atomic mass is 10.0. The molecule has 3 heterocycles. The molecular weight excluding hydrogens is 601 g/mol. The third kappa shape index (κ3) is 3.73. The Hall–Kier alpha value is -7.08. The number of para-hydroxylation sites is 3. The molecule has 0 aliphatic heterocycles. The van der Waals surface area contributed by atoms with Gasteiger partial charge in [0.25, 0.3) is 0 Å². The molecule has 5 heteroatoms. The third-order valence-corrected chi connectivity index (χ3v) is 9.79. The summed E-state index contributed by atoms with van der Waals surface area (Å²) in [6.45, 7) is 8.21. The van der Waals surface area contributed by atoms with Crippen LogP contribution in [-0.4, -0.2) is 9.13 Å². The van der Waals surface area contributed by atoms with Gasteiger partial charge in [-0.15, -0.1) is 0 Å². The summed E-state index contributed by atoms with van der Waals surface area (Å²) in [5.74, 6) is 0. The SMILES string of the molecule is [C-]#[N+]c1ccc(-n2c3ccc(-c4ccccc4)cc3c3c4oc5ccccc5c4ccc32)c(C#N)c1-n1c2ccccc2c2ccccc21. The minimum absolute atomic E-state index is 0.415. The van der Waals surface area contributed by atoms with Crippen LogP contribution in [0.15, 0.2) is 150 Å². The van der Waals surface area contributed by atoms with Gasteiger partial charge in [-0.05, 0) is 59.7 Å². The van der Waals surface area contributed by atoms with Crippen LogP contribution in [0.2, 0.25) is 0 Å². The summed E-state index contributed by atoms with van der Waals surface area (Å²) < 4.78 is 10.9. The maximum Gasteiger partial charge on any atom is 0.212 e. The Kier molecular flexibility index (Phi) is 5.64. The minimum atomic E-state index is 0.415. The van der Waals surface area contributed by atoms with E-state index in [2.05, 4.69) is 105 Å². The maximum absolute atomic E-state index is 11.1. The number of fused-ring (bicyclic) bond motifs is 10. The molecule has 0 saturated heterocycles. The van der Waals surface area contributed by atoms with E-state index < -0.39 is 0 Å². The van der Waals surface area contributed by atoms with Gasteiger partial charge in [0.1, 0.15) is 17.2 Å². The Bertz CT molecular complexity index is 3020. The molecule has 226 valence electrons. The molecule has 0 atom stereocenters. The van der Waals surface area contributed by atoms with Gasteiger partial charge in [-0.3, -0.25) is 0 Å². The van der Waals surface area contributed by atoms with Crippen LogP contribution >= 0.6 is 0 Å². The van der Waals surface area contributed by atoms with Crippen LogP contribution < -0.4 is 0 Å². The average Bonchev–Trinajstić information content (AvgIpc) is 3.82. The van der Waals surface area contributed by atoms with Crippen LogP contribution in [0.4, 0.5) is 5.69 Å². The van der Waals surface area contributed by atoms with E-state index in [1.54, 1.807) is 0 Å². The summed E-state index contributed by atoms with van der Waals surface area (Å²) in [7, 11) is 0. The predicted octanol–water partition coefficient (Wildman–Crippen LogP) is 11.9. The summed E-state index contributed by atoms with van der Waals surface area (Å²) in [5.41, 5.74) is 9.74. The Morgan fingerprint density at radius 3 is 1.94 bits per heavy atom. The normalized spacial score (nSPS) is 11.6. The molecule has 0 radical (unpaired) electrons. The van der Waals surface area contributed by atoms with Crippen LogP contribution in [0.3, 0.4) is 0 Å². The van der Waals surface area contributed by atoms with Crippen molar-refractivity contribution in [3.05, 3.63) is 163 Å². The first-order valence-corrected chi connectivity index (χ1v) is 16.1. The van der Waals surface area contributed by atoms with E-state index >= 15 is 0 Å². The molecule has 10 rings (SSSR count). The highest BCUT2D eigenvalue weighted by atomic mass is 16.3. The molecule has 49 heavy (non-hydrogen) atoms. The van der Waals surface area contributed by atoms with Gasteiger partial charge in [-0.25, -0.2) is 4.85 Å². The van der Waals surface area contributed by atoms with Gasteiger partial charge in [0.15, 0.2) is 0 Å². The quantitative estimate of drug-likeness (QED) is 0.184. The molecule has 10 aromatic rings. The fourth-order valence-electron chi connectivity index (χ4n) is 7.70. The molecule has 0 unspecified atom stereocenters. The van der Waals surface area contributed by atoms with E-state index in [1.807, 2.05) is 60.7 Å². The van der Waals surface area contributed by atoms with Gasteiger partial charge in [0.2, 0.25) is 5.69 Å². The van der Waals surface area contributed by atoms with Gasteiger partial charge < -0.3 is 13.6 Å². The number of furan rings is 1. The molecule has 0 N–H and O–H groups in total. The number of aromatic nitrogens is 2. The number of nitriles is 1. The van der Waals surface area contributed by atoms with Crippen molar-refractivity contribution in [1.29, 1.82) is 5.26 Å². The molecule has 7 aromatic carbocycles. The second kappa shape index (κ2) is 10.2. The van der Waals surface area contributed by atoms with Crippen molar-refractivity contribution in [2.75, 3.05) is 0 Å². The topological polar surface area (TPSA) is 51.1 Å². The van der Waals surface area contributed by atoms with Gasteiger partial charge in [0.05, 0.1) is 51.0 Å². The third-order valence-electron chi connectivity index (χ3n) is 9.79. The zero-order valence-corrected chi connectivity index (χ0v) is 26.1. The van der Waals surface area contributed by atoms with Crippen LogP contribution in [0.1, 0.15) is 5.56 Å². The van der Waals surface area contributed by atoms with E-state index in [0.29, 0.717) is 22.6 Å². The zero-order valence-electron chi connectivity index (χ0n) is 26.1.